The zero-order valence-corrected chi connectivity index (χ0v) is 21.6. The van der Waals surface area contributed by atoms with Gasteiger partial charge in [-0.3, -0.25) is 14.4 Å². The number of anilines is 1. The summed E-state index contributed by atoms with van der Waals surface area (Å²) in [5.41, 5.74) is 1.11. The van der Waals surface area contributed by atoms with Crippen LogP contribution in [-0.2, 0) is 20.9 Å². The van der Waals surface area contributed by atoms with Crippen molar-refractivity contribution < 1.29 is 23.2 Å². The second kappa shape index (κ2) is 13.6. The van der Waals surface area contributed by atoms with Crippen LogP contribution in [0.1, 0.15) is 62.1 Å². The van der Waals surface area contributed by atoms with Crippen molar-refractivity contribution in [2.24, 2.45) is 0 Å². The fourth-order valence-corrected chi connectivity index (χ4v) is 4.76. The molecule has 1 unspecified atom stereocenters. The number of amides is 3. The molecule has 0 saturated heterocycles. The van der Waals surface area contributed by atoms with Crippen molar-refractivity contribution in [3.63, 3.8) is 0 Å². The first-order valence-corrected chi connectivity index (χ1v) is 13.2. The Morgan fingerprint density at radius 3 is 2.21 bits per heavy atom. The quantitative estimate of drug-likeness (QED) is 0.349. The summed E-state index contributed by atoms with van der Waals surface area (Å²) in [5, 5.41) is 5.76. The number of nitrogens with one attached hydrogen (secondary N) is 2. The summed E-state index contributed by atoms with van der Waals surface area (Å²) < 4.78 is 27.3. The van der Waals surface area contributed by atoms with E-state index in [0.717, 1.165) is 25.7 Å². The van der Waals surface area contributed by atoms with Gasteiger partial charge in [0, 0.05) is 31.6 Å². The molecule has 39 heavy (non-hydrogen) atoms. The summed E-state index contributed by atoms with van der Waals surface area (Å²) in [6.45, 7) is 0.0410. The highest BCUT2D eigenvalue weighted by Gasteiger charge is 2.33. The number of pyridine rings is 1. The maximum absolute atomic E-state index is 13.8. The molecule has 1 atom stereocenters. The van der Waals surface area contributed by atoms with Crippen LogP contribution in [0.15, 0.2) is 72.9 Å². The highest BCUT2D eigenvalue weighted by Crippen LogP contribution is 2.27. The minimum Gasteiger partial charge on any atom is -0.351 e. The fraction of sp³-hybridized carbons (Fsp3) is 0.333. The molecular formula is C30H32F2N4O3. The van der Waals surface area contributed by atoms with Gasteiger partial charge in [0.25, 0.3) is 0 Å². The van der Waals surface area contributed by atoms with Crippen LogP contribution < -0.4 is 10.6 Å². The van der Waals surface area contributed by atoms with Crippen LogP contribution in [0.25, 0.3) is 0 Å². The van der Waals surface area contributed by atoms with Gasteiger partial charge in [-0.05, 0) is 66.8 Å². The molecule has 1 heterocycles. The van der Waals surface area contributed by atoms with E-state index in [-0.39, 0.29) is 49.6 Å². The Bertz CT molecular complexity index is 1250. The van der Waals surface area contributed by atoms with Gasteiger partial charge >= 0.3 is 0 Å². The van der Waals surface area contributed by atoms with Crippen LogP contribution in [0.3, 0.4) is 0 Å². The molecule has 0 aliphatic heterocycles. The Kier molecular flexibility index (Phi) is 9.72. The Morgan fingerprint density at radius 1 is 0.897 bits per heavy atom. The number of hydrogen-bond donors (Lipinski definition) is 2. The van der Waals surface area contributed by atoms with Crippen LogP contribution in [-0.4, -0.2) is 33.6 Å². The number of benzene rings is 2. The SMILES string of the molecule is O=C(CCCC(=O)N(Cc1ccc(F)cc1)C(C(=O)NC1CCCC1)c1ccc(F)cc1)Nc1ccccn1. The lowest BCUT2D eigenvalue weighted by Crippen LogP contribution is -2.45. The van der Waals surface area contributed by atoms with Crippen molar-refractivity contribution in [3.05, 3.63) is 95.7 Å². The van der Waals surface area contributed by atoms with E-state index in [9.17, 15) is 23.2 Å². The van der Waals surface area contributed by atoms with Crippen molar-refractivity contribution >= 4 is 23.5 Å². The van der Waals surface area contributed by atoms with E-state index in [0.29, 0.717) is 16.9 Å². The molecule has 0 spiro atoms. The third-order valence-electron chi connectivity index (χ3n) is 6.76. The minimum absolute atomic E-state index is 0.00519. The molecule has 204 valence electrons. The molecule has 2 N–H and O–H groups in total. The highest BCUT2D eigenvalue weighted by atomic mass is 19.1. The Balaban J connectivity index is 1.54. The lowest BCUT2D eigenvalue weighted by Gasteiger charge is -2.32. The molecule has 9 heteroatoms. The van der Waals surface area contributed by atoms with E-state index in [1.54, 1.807) is 36.5 Å². The van der Waals surface area contributed by atoms with Gasteiger partial charge < -0.3 is 15.5 Å². The van der Waals surface area contributed by atoms with Crippen LogP contribution >= 0.6 is 0 Å². The van der Waals surface area contributed by atoms with Gasteiger partial charge in [0.2, 0.25) is 17.7 Å². The second-order valence-corrected chi connectivity index (χ2v) is 9.71. The predicted molar refractivity (Wildman–Crippen MR) is 143 cm³/mol. The summed E-state index contributed by atoms with van der Waals surface area (Å²) >= 11 is 0. The molecule has 1 aliphatic carbocycles. The van der Waals surface area contributed by atoms with E-state index in [1.165, 1.54) is 41.3 Å². The first-order chi connectivity index (χ1) is 18.9. The second-order valence-electron chi connectivity index (χ2n) is 9.71. The molecule has 1 fully saturated rings. The maximum Gasteiger partial charge on any atom is 0.247 e. The Morgan fingerprint density at radius 2 is 1.56 bits per heavy atom. The highest BCUT2D eigenvalue weighted by molar-refractivity contribution is 5.91. The molecule has 2 aromatic carbocycles. The van der Waals surface area contributed by atoms with Crippen LogP contribution in [0.2, 0.25) is 0 Å². The summed E-state index contributed by atoms with van der Waals surface area (Å²) in [5.74, 6) is -1.42. The summed E-state index contributed by atoms with van der Waals surface area (Å²) in [6.07, 6.45) is 5.66. The van der Waals surface area contributed by atoms with Gasteiger partial charge in [0.15, 0.2) is 0 Å². The average molecular weight is 535 g/mol. The number of nitrogens with zero attached hydrogens (tertiary/aromatic N) is 2. The van der Waals surface area contributed by atoms with Crippen LogP contribution in [0, 0.1) is 11.6 Å². The van der Waals surface area contributed by atoms with E-state index in [4.69, 9.17) is 0 Å². The van der Waals surface area contributed by atoms with Crippen molar-refractivity contribution in [1.29, 1.82) is 0 Å². The molecule has 7 nitrogen and oxygen atoms in total. The summed E-state index contributed by atoms with van der Waals surface area (Å²) in [6, 6.07) is 15.4. The Labute approximate surface area is 226 Å². The first-order valence-electron chi connectivity index (χ1n) is 13.2. The molecule has 1 aromatic heterocycles. The van der Waals surface area contributed by atoms with Crippen molar-refractivity contribution in [3.8, 4) is 0 Å². The van der Waals surface area contributed by atoms with Crippen LogP contribution in [0.4, 0.5) is 14.6 Å². The van der Waals surface area contributed by atoms with Gasteiger partial charge in [-0.1, -0.05) is 43.2 Å². The smallest absolute Gasteiger partial charge is 0.247 e. The van der Waals surface area contributed by atoms with Crippen LogP contribution in [0.5, 0.6) is 0 Å². The molecule has 3 amide bonds. The maximum atomic E-state index is 13.8. The van der Waals surface area contributed by atoms with E-state index in [1.807, 2.05) is 0 Å². The largest absolute Gasteiger partial charge is 0.351 e. The number of rotatable bonds is 11. The molecular weight excluding hydrogens is 502 g/mol. The van der Waals surface area contributed by atoms with Gasteiger partial charge in [-0.25, -0.2) is 13.8 Å². The molecule has 0 bridgehead atoms. The van der Waals surface area contributed by atoms with Gasteiger partial charge in [-0.15, -0.1) is 0 Å². The summed E-state index contributed by atoms with van der Waals surface area (Å²) in [4.78, 5) is 45.1. The van der Waals surface area contributed by atoms with Gasteiger partial charge in [-0.2, -0.15) is 0 Å². The molecule has 3 aromatic rings. The molecule has 4 rings (SSSR count). The van der Waals surface area contributed by atoms with Crippen molar-refractivity contribution in [2.45, 2.75) is 63.6 Å². The monoisotopic (exact) mass is 534 g/mol. The fourth-order valence-electron chi connectivity index (χ4n) is 4.76. The topological polar surface area (TPSA) is 91.4 Å². The lowest BCUT2D eigenvalue weighted by atomic mass is 10.0. The van der Waals surface area contributed by atoms with Gasteiger partial charge in [0.1, 0.15) is 23.5 Å². The zero-order chi connectivity index (χ0) is 27.6. The Hall–Kier alpha value is -4.14. The van der Waals surface area contributed by atoms with E-state index < -0.39 is 17.7 Å². The molecule has 1 saturated carbocycles. The number of carbonyl (C=O) groups excluding carboxylic acids is 3. The number of aromatic nitrogens is 1. The normalized spacial score (nSPS) is 14.0. The van der Waals surface area contributed by atoms with E-state index >= 15 is 0 Å². The number of halogens is 2. The number of hydrogen-bond acceptors (Lipinski definition) is 4. The van der Waals surface area contributed by atoms with Crippen molar-refractivity contribution in [1.82, 2.24) is 15.2 Å². The lowest BCUT2D eigenvalue weighted by molar-refractivity contribution is -0.142. The molecule has 1 aliphatic rings. The first kappa shape index (κ1) is 27.9. The minimum atomic E-state index is -1.02. The summed E-state index contributed by atoms with van der Waals surface area (Å²) in [7, 11) is 0. The van der Waals surface area contributed by atoms with E-state index in [2.05, 4.69) is 15.6 Å². The zero-order valence-electron chi connectivity index (χ0n) is 21.6. The third kappa shape index (κ3) is 8.17. The molecule has 0 radical (unpaired) electrons. The third-order valence-corrected chi connectivity index (χ3v) is 6.76. The van der Waals surface area contributed by atoms with Crippen molar-refractivity contribution in [2.75, 3.05) is 5.32 Å². The van der Waals surface area contributed by atoms with Gasteiger partial charge in [0.05, 0.1) is 0 Å². The number of carbonyl (C=O) groups is 3. The predicted octanol–water partition coefficient (Wildman–Crippen LogP) is 5.30. The average Bonchev–Trinajstić information content (AvgIpc) is 3.44. The standard InChI is InChI=1S/C30H32F2N4O3/c31-23-15-11-21(12-16-23)20-36(28(38)10-5-9-27(37)35-26-8-3-4-19-33-26)29(22-13-17-24(32)18-14-22)30(39)34-25-6-1-2-7-25/h3-4,8,11-19,25,29H,1-2,5-7,9-10,20H2,(H,34,39)(H,33,35,37).